The number of likely N-dealkylation sites (tertiary alicyclic amines) is 1. The summed E-state index contributed by atoms with van der Waals surface area (Å²) in [4.78, 5) is 28.7. The van der Waals surface area contributed by atoms with Crippen LogP contribution >= 0.6 is 0 Å². The Morgan fingerprint density at radius 2 is 1.85 bits per heavy atom. The van der Waals surface area contributed by atoms with E-state index in [2.05, 4.69) is 59.5 Å². The average Bonchev–Trinajstić information content (AvgIpc) is 3.24. The molecule has 7 nitrogen and oxygen atoms in total. The first-order valence-corrected chi connectivity index (χ1v) is 12.6. The zero-order valence-electron chi connectivity index (χ0n) is 20.1. The minimum atomic E-state index is -0.239. The summed E-state index contributed by atoms with van der Waals surface area (Å²) in [7, 11) is 0. The van der Waals surface area contributed by atoms with Crippen molar-refractivity contribution in [3.05, 3.63) is 47.2 Å². The van der Waals surface area contributed by atoms with Gasteiger partial charge in [0.15, 0.2) is 0 Å². The first kappa shape index (κ1) is 23.8. The molecule has 2 saturated heterocycles. The Kier molecular flexibility index (Phi) is 7.71. The maximum Gasteiger partial charge on any atom is 0.236 e. The fourth-order valence-electron chi connectivity index (χ4n) is 5.30. The van der Waals surface area contributed by atoms with Gasteiger partial charge in [0.2, 0.25) is 11.8 Å². The molecule has 0 spiro atoms. The van der Waals surface area contributed by atoms with E-state index in [1.807, 2.05) is 4.90 Å². The molecule has 0 bridgehead atoms. The first-order chi connectivity index (χ1) is 15.9. The smallest absolute Gasteiger partial charge is 0.236 e. The largest absolute Gasteiger partial charge is 0.369 e. The van der Waals surface area contributed by atoms with Crippen molar-refractivity contribution in [2.24, 2.45) is 11.7 Å². The number of piperidine rings is 1. The summed E-state index contributed by atoms with van der Waals surface area (Å²) in [6.45, 7) is 7.72. The van der Waals surface area contributed by atoms with Gasteiger partial charge in [-0.05, 0) is 37.8 Å². The molecule has 1 aromatic carbocycles. The van der Waals surface area contributed by atoms with Crippen LogP contribution in [0.5, 0.6) is 0 Å². The van der Waals surface area contributed by atoms with E-state index in [1.165, 1.54) is 36.1 Å². The van der Waals surface area contributed by atoms with E-state index in [0.717, 1.165) is 19.5 Å². The van der Waals surface area contributed by atoms with Crippen molar-refractivity contribution < 1.29 is 9.59 Å². The van der Waals surface area contributed by atoms with Gasteiger partial charge in [-0.25, -0.2) is 5.43 Å². The van der Waals surface area contributed by atoms with Crippen molar-refractivity contribution >= 4 is 11.8 Å². The molecular formula is C26H39N5O2. The van der Waals surface area contributed by atoms with Crippen LogP contribution in [0.1, 0.15) is 62.6 Å². The standard InChI is InChI=1S/C26H39N5O2/c1-3-4-5-6-22-16-29(18-25(32)30-13-11-21(12-14-30)26(27)33)17-23-15-24(28-31(22)23)20-9-7-19(2)8-10-20/h7-10,15,21-22,24,28H,3-6,11-14,16-18H2,1-2H3,(H2,27,33). The summed E-state index contributed by atoms with van der Waals surface area (Å²) in [5.41, 5.74) is 13.0. The van der Waals surface area contributed by atoms with E-state index >= 15 is 0 Å². The van der Waals surface area contributed by atoms with Gasteiger partial charge in [0.05, 0.1) is 18.6 Å². The third-order valence-corrected chi connectivity index (χ3v) is 7.35. The number of unbranched alkanes of at least 4 members (excludes halogenated alkanes) is 2. The van der Waals surface area contributed by atoms with Gasteiger partial charge in [0, 0.05) is 37.8 Å². The van der Waals surface area contributed by atoms with Crippen LogP contribution in [-0.2, 0) is 9.59 Å². The summed E-state index contributed by atoms with van der Waals surface area (Å²) in [6.07, 6.45) is 8.45. The predicted molar refractivity (Wildman–Crippen MR) is 130 cm³/mol. The first-order valence-electron chi connectivity index (χ1n) is 12.6. The van der Waals surface area contributed by atoms with Gasteiger partial charge < -0.3 is 15.6 Å². The predicted octanol–water partition coefficient (Wildman–Crippen LogP) is 2.73. The van der Waals surface area contributed by atoms with Crippen LogP contribution in [0.4, 0.5) is 0 Å². The van der Waals surface area contributed by atoms with Gasteiger partial charge in [-0.1, -0.05) is 56.0 Å². The van der Waals surface area contributed by atoms with Gasteiger partial charge in [0.25, 0.3) is 0 Å². The SMILES string of the molecule is CCCCCC1CN(CC(=O)N2CCC(C(N)=O)CC2)CC2=CC(c3ccc(C)cc3)NN21. The second-order valence-corrected chi connectivity index (χ2v) is 9.92. The molecule has 3 heterocycles. The van der Waals surface area contributed by atoms with Crippen molar-refractivity contribution in [2.45, 2.75) is 64.5 Å². The number of primary amides is 1. The van der Waals surface area contributed by atoms with Crippen molar-refractivity contribution in [3.8, 4) is 0 Å². The molecule has 0 aliphatic carbocycles. The molecule has 2 atom stereocenters. The monoisotopic (exact) mass is 453 g/mol. The molecule has 3 N–H and O–H groups in total. The Morgan fingerprint density at radius 1 is 1.12 bits per heavy atom. The lowest BCUT2D eigenvalue weighted by atomic mass is 9.96. The molecule has 2 fully saturated rings. The quantitative estimate of drug-likeness (QED) is 0.592. The molecule has 7 heteroatoms. The Labute approximate surface area is 197 Å². The van der Waals surface area contributed by atoms with Crippen molar-refractivity contribution in [1.29, 1.82) is 0 Å². The van der Waals surface area contributed by atoms with E-state index < -0.39 is 0 Å². The molecule has 3 aliphatic rings. The summed E-state index contributed by atoms with van der Waals surface area (Å²) >= 11 is 0. The van der Waals surface area contributed by atoms with Crippen LogP contribution in [-0.4, -0.2) is 65.4 Å². The van der Waals surface area contributed by atoms with Gasteiger partial charge in [-0.2, -0.15) is 0 Å². The number of benzene rings is 1. The minimum absolute atomic E-state index is 0.0889. The van der Waals surface area contributed by atoms with E-state index in [1.54, 1.807) is 0 Å². The highest BCUT2D eigenvalue weighted by molar-refractivity contribution is 5.80. The highest BCUT2D eigenvalue weighted by atomic mass is 16.2. The molecule has 2 unspecified atom stereocenters. The number of rotatable bonds is 8. The molecule has 4 rings (SSSR count). The number of carbonyl (C=O) groups is 2. The number of nitrogens with two attached hydrogens (primary N) is 1. The third kappa shape index (κ3) is 5.76. The number of carbonyl (C=O) groups excluding carboxylic acids is 2. The van der Waals surface area contributed by atoms with E-state index in [0.29, 0.717) is 38.5 Å². The maximum atomic E-state index is 13.0. The molecule has 3 aliphatic heterocycles. The van der Waals surface area contributed by atoms with Crippen LogP contribution in [0.15, 0.2) is 36.0 Å². The minimum Gasteiger partial charge on any atom is -0.369 e. The van der Waals surface area contributed by atoms with Crippen LogP contribution < -0.4 is 11.2 Å². The lowest BCUT2D eigenvalue weighted by molar-refractivity contribution is -0.136. The second kappa shape index (κ2) is 10.7. The summed E-state index contributed by atoms with van der Waals surface area (Å²) in [6, 6.07) is 9.27. The fraction of sp³-hybridized carbons (Fsp3) is 0.615. The molecule has 0 saturated carbocycles. The Morgan fingerprint density at radius 3 is 2.52 bits per heavy atom. The normalized spacial score (nSPS) is 24.0. The zero-order valence-corrected chi connectivity index (χ0v) is 20.1. The molecule has 1 aromatic rings. The van der Waals surface area contributed by atoms with Gasteiger partial charge in [0.1, 0.15) is 0 Å². The molecule has 0 radical (unpaired) electrons. The van der Waals surface area contributed by atoms with Crippen LogP contribution in [0.25, 0.3) is 0 Å². The topological polar surface area (TPSA) is 81.9 Å². The second-order valence-electron chi connectivity index (χ2n) is 9.92. The number of hydrogen-bond donors (Lipinski definition) is 2. The number of aryl methyl sites for hydroxylation is 1. The van der Waals surface area contributed by atoms with Crippen LogP contribution in [0.2, 0.25) is 0 Å². The average molecular weight is 454 g/mol. The number of amides is 2. The van der Waals surface area contributed by atoms with Gasteiger partial charge in [-0.15, -0.1) is 0 Å². The maximum absolute atomic E-state index is 13.0. The number of fused-ring (bicyclic) bond motifs is 1. The molecule has 0 aromatic heterocycles. The number of nitrogens with zero attached hydrogens (tertiary/aromatic N) is 3. The number of hydrazine groups is 1. The molecular weight excluding hydrogens is 414 g/mol. The lowest BCUT2D eigenvalue weighted by Crippen LogP contribution is -2.56. The molecule has 33 heavy (non-hydrogen) atoms. The van der Waals surface area contributed by atoms with E-state index in [4.69, 9.17) is 5.73 Å². The number of nitrogens with one attached hydrogen (secondary N) is 1. The third-order valence-electron chi connectivity index (χ3n) is 7.35. The van der Waals surface area contributed by atoms with Gasteiger partial charge in [-0.3, -0.25) is 14.5 Å². The van der Waals surface area contributed by atoms with E-state index in [-0.39, 0.29) is 23.8 Å². The molecule has 2 amide bonds. The lowest BCUT2D eigenvalue weighted by Gasteiger charge is -2.43. The Hall–Kier alpha value is -2.38. The zero-order chi connectivity index (χ0) is 23.4. The van der Waals surface area contributed by atoms with Crippen molar-refractivity contribution in [3.63, 3.8) is 0 Å². The Balaban J connectivity index is 1.41. The number of hydrogen-bond acceptors (Lipinski definition) is 5. The van der Waals surface area contributed by atoms with E-state index in [9.17, 15) is 9.59 Å². The summed E-state index contributed by atoms with van der Waals surface area (Å²) in [5, 5.41) is 2.37. The summed E-state index contributed by atoms with van der Waals surface area (Å²) < 4.78 is 0. The Bertz CT molecular complexity index is 860. The van der Waals surface area contributed by atoms with Crippen LogP contribution in [0.3, 0.4) is 0 Å². The highest BCUT2D eigenvalue weighted by Gasteiger charge is 2.36. The van der Waals surface area contributed by atoms with Gasteiger partial charge >= 0.3 is 0 Å². The fourth-order valence-corrected chi connectivity index (χ4v) is 5.30. The van der Waals surface area contributed by atoms with Crippen LogP contribution in [0, 0.1) is 12.8 Å². The summed E-state index contributed by atoms with van der Waals surface area (Å²) in [5.74, 6) is -0.161. The number of piperazine rings is 1. The van der Waals surface area contributed by atoms with Crippen molar-refractivity contribution in [1.82, 2.24) is 20.2 Å². The van der Waals surface area contributed by atoms with Crippen molar-refractivity contribution in [2.75, 3.05) is 32.7 Å². The molecule has 180 valence electrons. The highest BCUT2D eigenvalue weighted by Crippen LogP contribution is 2.31.